The van der Waals surface area contributed by atoms with E-state index in [2.05, 4.69) is 5.32 Å². The summed E-state index contributed by atoms with van der Waals surface area (Å²) in [5.74, 6) is -0.216. The number of aryl methyl sites for hydroxylation is 1. The van der Waals surface area contributed by atoms with Crippen LogP contribution in [-0.2, 0) is 4.79 Å². The van der Waals surface area contributed by atoms with Gasteiger partial charge >= 0.3 is 12.0 Å². The van der Waals surface area contributed by atoms with Crippen LogP contribution in [-0.4, -0.2) is 39.7 Å². The number of benzene rings is 1. The van der Waals surface area contributed by atoms with Gasteiger partial charge in [0, 0.05) is 5.75 Å². The minimum atomic E-state index is -0.990. The standard InChI is InChI=1S/C12H13ClN2O3S/c1-7-2-3-8(13)9(4-7)14-12(18)15-6-19-5-10(15)11(16)17/h2-4,10H,5-6H2,1H3,(H,14,18)(H,16,17). The Balaban J connectivity index is 2.12. The van der Waals surface area contributed by atoms with Gasteiger partial charge in [-0.15, -0.1) is 11.8 Å². The van der Waals surface area contributed by atoms with Crippen molar-refractivity contribution in [2.75, 3.05) is 16.9 Å². The third-order valence-corrected chi connectivity index (χ3v) is 4.13. The van der Waals surface area contributed by atoms with Gasteiger partial charge in [0.05, 0.1) is 16.6 Å². The van der Waals surface area contributed by atoms with Crippen molar-refractivity contribution in [2.24, 2.45) is 0 Å². The number of carbonyl (C=O) groups is 2. The van der Waals surface area contributed by atoms with Crippen LogP contribution in [0.25, 0.3) is 0 Å². The lowest BCUT2D eigenvalue weighted by Crippen LogP contribution is -2.44. The quantitative estimate of drug-likeness (QED) is 0.881. The fraction of sp³-hybridized carbons (Fsp3) is 0.333. The number of carboxylic acids is 1. The van der Waals surface area contributed by atoms with Crippen molar-refractivity contribution in [2.45, 2.75) is 13.0 Å². The number of anilines is 1. The first-order chi connectivity index (χ1) is 8.99. The summed E-state index contributed by atoms with van der Waals surface area (Å²) in [6.07, 6.45) is 0. The van der Waals surface area contributed by atoms with Gasteiger partial charge in [-0.2, -0.15) is 0 Å². The van der Waals surface area contributed by atoms with E-state index in [0.29, 0.717) is 22.3 Å². The number of halogens is 1. The zero-order valence-corrected chi connectivity index (χ0v) is 11.8. The molecule has 2 N–H and O–H groups in total. The van der Waals surface area contributed by atoms with Gasteiger partial charge in [0.15, 0.2) is 0 Å². The second-order valence-electron chi connectivity index (χ2n) is 4.24. The lowest BCUT2D eigenvalue weighted by atomic mass is 10.2. The summed E-state index contributed by atoms with van der Waals surface area (Å²) in [4.78, 5) is 24.4. The summed E-state index contributed by atoms with van der Waals surface area (Å²) >= 11 is 7.41. The molecule has 1 aliphatic rings. The average Bonchev–Trinajstić information content (AvgIpc) is 2.83. The van der Waals surface area contributed by atoms with Crippen LogP contribution in [0, 0.1) is 6.92 Å². The van der Waals surface area contributed by atoms with Crippen LogP contribution in [0.5, 0.6) is 0 Å². The summed E-state index contributed by atoms with van der Waals surface area (Å²) in [7, 11) is 0. The molecule has 0 aromatic heterocycles. The first-order valence-corrected chi connectivity index (χ1v) is 7.16. The number of aliphatic carboxylic acids is 1. The minimum Gasteiger partial charge on any atom is -0.480 e. The molecule has 0 bridgehead atoms. The van der Waals surface area contributed by atoms with Gasteiger partial charge in [-0.25, -0.2) is 9.59 Å². The van der Waals surface area contributed by atoms with Crippen LogP contribution < -0.4 is 5.32 Å². The summed E-state index contributed by atoms with van der Waals surface area (Å²) in [5, 5.41) is 12.1. The van der Waals surface area contributed by atoms with Crippen molar-refractivity contribution < 1.29 is 14.7 Å². The maximum Gasteiger partial charge on any atom is 0.327 e. The number of urea groups is 1. The molecule has 0 radical (unpaired) electrons. The molecule has 1 aliphatic heterocycles. The zero-order valence-electron chi connectivity index (χ0n) is 10.2. The number of nitrogens with one attached hydrogen (secondary N) is 1. The van der Waals surface area contributed by atoms with Crippen molar-refractivity contribution in [3.63, 3.8) is 0 Å². The van der Waals surface area contributed by atoms with Crippen LogP contribution in [0.4, 0.5) is 10.5 Å². The molecule has 1 heterocycles. The maximum absolute atomic E-state index is 12.1. The van der Waals surface area contributed by atoms with Crippen LogP contribution in [0.15, 0.2) is 18.2 Å². The zero-order chi connectivity index (χ0) is 14.0. The van der Waals surface area contributed by atoms with Crippen LogP contribution in [0.1, 0.15) is 5.56 Å². The molecule has 0 saturated carbocycles. The van der Waals surface area contributed by atoms with E-state index in [9.17, 15) is 9.59 Å². The fourth-order valence-electron chi connectivity index (χ4n) is 1.77. The molecule has 0 aliphatic carbocycles. The van der Waals surface area contributed by atoms with Crippen LogP contribution >= 0.6 is 23.4 Å². The number of amides is 2. The number of carboxylic acid groups (broad SMARTS) is 1. The Bertz CT molecular complexity index is 524. The Morgan fingerprint density at radius 3 is 2.95 bits per heavy atom. The fourth-order valence-corrected chi connectivity index (χ4v) is 3.08. The van der Waals surface area contributed by atoms with Crippen LogP contribution in [0.2, 0.25) is 5.02 Å². The first-order valence-electron chi connectivity index (χ1n) is 5.63. The molecule has 2 amide bonds. The second-order valence-corrected chi connectivity index (χ2v) is 5.64. The summed E-state index contributed by atoms with van der Waals surface area (Å²) in [6, 6.07) is 4.06. The largest absolute Gasteiger partial charge is 0.480 e. The van der Waals surface area contributed by atoms with Gasteiger partial charge in [-0.1, -0.05) is 17.7 Å². The number of nitrogens with zero attached hydrogens (tertiary/aromatic N) is 1. The predicted molar refractivity (Wildman–Crippen MR) is 75.8 cm³/mol. The van der Waals surface area contributed by atoms with Crippen molar-refractivity contribution in [1.29, 1.82) is 0 Å². The van der Waals surface area contributed by atoms with Gasteiger partial charge in [0.2, 0.25) is 0 Å². The van der Waals surface area contributed by atoms with E-state index in [0.717, 1.165) is 5.56 Å². The molecule has 5 nitrogen and oxygen atoms in total. The van der Waals surface area contributed by atoms with E-state index >= 15 is 0 Å². The van der Waals surface area contributed by atoms with Crippen molar-refractivity contribution in [3.05, 3.63) is 28.8 Å². The Labute approximate surface area is 119 Å². The van der Waals surface area contributed by atoms with Crippen molar-refractivity contribution in [1.82, 2.24) is 4.90 Å². The van der Waals surface area contributed by atoms with Crippen molar-refractivity contribution in [3.8, 4) is 0 Å². The minimum absolute atomic E-state index is 0.367. The van der Waals surface area contributed by atoms with Crippen molar-refractivity contribution >= 4 is 41.1 Å². The monoisotopic (exact) mass is 300 g/mol. The van der Waals surface area contributed by atoms with Gasteiger partial charge < -0.3 is 15.3 Å². The summed E-state index contributed by atoms with van der Waals surface area (Å²) in [6.45, 7) is 1.89. The third-order valence-electron chi connectivity index (χ3n) is 2.79. The molecular weight excluding hydrogens is 288 g/mol. The molecule has 1 aromatic rings. The lowest BCUT2D eigenvalue weighted by Gasteiger charge is -2.21. The number of rotatable bonds is 2. The molecule has 1 unspecified atom stereocenters. The number of carbonyl (C=O) groups excluding carboxylic acids is 1. The molecule has 2 rings (SSSR count). The van der Waals surface area contributed by atoms with Crippen LogP contribution in [0.3, 0.4) is 0 Å². The molecule has 1 fully saturated rings. The highest BCUT2D eigenvalue weighted by Crippen LogP contribution is 2.26. The lowest BCUT2D eigenvalue weighted by molar-refractivity contribution is -0.140. The molecule has 102 valence electrons. The highest BCUT2D eigenvalue weighted by Gasteiger charge is 2.34. The number of hydrogen-bond acceptors (Lipinski definition) is 3. The number of hydrogen-bond donors (Lipinski definition) is 2. The SMILES string of the molecule is Cc1ccc(Cl)c(NC(=O)N2CSCC2C(=O)O)c1. The number of thioether (sulfide) groups is 1. The Morgan fingerprint density at radius 2 is 2.26 bits per heavy atom. The smallest absolute Gasteiger partial charge is 0.327 e. The maximum atomic E-state index is 12.1. The molecule has 1 aromatic carbocycles. The van der Waals surface area contributed by atoms with Gasteiger partial charge in [0.25, 0.3) is 0 Å². The van der Waals surface area contributed by atoms with E-state index in [1.54, 1.807) is 12.1 Å². The normalized spacial score (nSPS) is 18.4. The van der Waals surface area contributed by atoms with E-state index in [1.165, 1.54) is 16.7 Å². The van der Waals surface area contributed by atoms with E-state index in [1.807, 2.05) is 13.0 Å². The topological polar surface area (TPSA) is 69.6 Å². The second kappa shape index (κ2) is 5.71. The Morgan fingerprint density at radius 1 is 1.53 bits per heavy atom. The molecule has 19 heavy (non-hydrogen) atoms. The Hall–Kier alpha value is -1.40. The molecule has 1 saturated heterocycles. The van der Waals surface area contributed by atoms with E-state index in [-0.39, 0.29) is 0 Å². The third kappa shape index (κ3) is 3.13. The summed E-state index contributed by atoms with van der Waals surface area (Å²) in [5.41, 5.74) is 1.46. The van der Waals surface area contributed by atoms with Gasteiger partial charge in [-0.3, -0.25) is 0 Å². The van der Waals surface area contributed by atoms with E-state index < -0.39 is 18.0 Å². The first kappa shape index (κ1) is 14.0. The highest BCUT2D eigenvalue weighted by atomic mass is 35.5. The average molecular weight is 301 g/mol. The van der Waals surface area contributed by atoms with Gasteiger partial charge in [-0.05, 0) is 24.6 Å². The molecule has 1 atom stereocenters. The Kier molecular flexibility index (Phi) is 4.21. The molecule has 7 heteroatoms. The highest BCUT2D eigenvalue weighted by molar-refractivity contribution is 7.99. The molecule has 0 spiro atoms. The molecular formula is C12H13ClN2O3S. The van der Waals surface area contributed by atoms with Gasteiger partial charge in [0.1, 0.15) is 6.04 Å². The predicted octanol–water partition coefficient (Wildman–Crippen LogP) is 2.64. The summed E-state index contributed by atoms with van der Waals surface area (Å²) < 4.78 is 0. The van der Waals surface area contributed by atoms with E-state index in [4.69, 9.17) is 16.7 Å².